The highest BCUT2D eigenvalue weighted by molar-refractivity contribution is 9.10. The van der Waals surface area contributed by atoms with E-state index in [4.69, 9.17) is 10.5 Å². The van der Waals surface area contributed by atoms with Crippen molar-refractivity contribution in [1.29, 1.82) is 0 Å². The lowest BCUT2D eigenvalue weighted by molar-refractivity contribution is -0.131. The Morgan fingerprint density at radius 3 is 2.59 bits per heavy atom. The summed E-state index contributed by atoms with van der Waals surface area (Å²) in [5.74, 6) is 0.708. The normalized spacial score (nSPS) is 12.0. The Labute approximate surface area is 110 Å². The number of ether oxygens (including phenoxy) is 1. The van der Waals surface area contributed by atoms with Gasteiger partial charge in [-0.1, -0.05) is 15.9 Å². The van der Waals surface area contributed by atoms with Crippen molar-refractivity contribution in [3.05, 3.63) is 28.7 Å². The Kier molecular flexibility index (Phi) is 5.44. The van der Waals surface area contributed by atoms with Gasteiger partial charge in [-0.2, -0.15) is 0 Å². The maximum absolute atomic E-state index is 11.5. The smallest absolute Gasteiger partial charge is 0.239 e. The first-order chi connectivity index (χ1) is 8.00. The summed E-state index contributed by atoms with van der Waals surface area (Å²) in [6.07, 6.45) is 0. The summed E-state index contributed by atoms with van der Waals surface area (Å²) < 4.78 is 6.51. The van der Waals surface area contributed by atoms with E-state index in [-0.39, 0.29) is 5.91 Å². The van der Waals surface area contributed by atoms with E-state index in [0.29, 0.717) is 13.2 Å². The van der Waals surface area contributed by atoms with Crippen LogP contribution in [0.15, 0.2) is 28.7 Å². The Morgan fingerprint density at radius 1 is 1.47 bits per heavy atom. The molecule has 0 spiro atoms. The molecule has 0 aliphatic heterocycles. The van der Waals surface area contributed by atoms with Crippen molar-refractivity contribution in [2.24, 2.45) is 5.73 Å². The summed E-state index contributed by atoms with van der Waals surface area (Å²) >= 11 is 3.35. The summed E-state index contributed by atoms with van der Waals surface area (Å²) in [6.45, 7) is 2.65. The Hall–Kier alpha value is -1.07. The first kappa shape index (κ1) is 14.0. The van der Waals surface area contributed by atoms with Crippen molar-refractivity contribution in [2.45, 2.75) is 13.0 Å². The highest BCUT2D eigenvalue weighted by Crippen LogP contribution is 2.15. The molecule has 17 heavy (non-hydrogen) atoms. The molecule has 0 radical (unpaired) electrons. The average Bonchev–Trinajstić information content (AvgIpc) is 2.30. The van der Waals surface area contributed by atoms with Gasteiger partial charge in [-0.15, -0.1) is 0 Å². The first-order valence-corrected chi connectivity index (χ1v) is 6.19. The number of halogens is 1. The number of amides is 1. The molecule has 1 rings (SSSR count). The molecule has 0 aliphatic rings. The van der Waals surface area contributed by atoms with Crippen molar-refractivity contribution in [1.82, 2.24) is 4.90 Å². The highest BCUT2D eigenvalue weighted by Gasteiger charge is 2.12. The molecular weight excluding hydrogens is 284 g/mol. The number of nitrogens with zero attached hydrogens (tertiary/aromatic N) is 1. The average molecular weight is 301 g/mol. The maximum Gasteiger partial charge on any atom is 0.239 e. The molecule has 5 heteroatoms. The van der Waals surface area contributed by atoms with Gasteiger partial charge >= 0.3 is 0 Å². The third kappa shape index (κ3) is 4.75. The van der Waals surface area contributed by atoms with E-state index in [9.17, 15) is 4.79 Å². The number of carbonyl (C=O) groups excluding carboxylic acids is 1. The summed E-state index contributed by atoms with van der Waals surface area (Å²) in [4.78, 5) is 13.0. The van der Waals surface area contributed by atoms with Crippen LogP contribution in [0.4, 0.5) is 0 Å². The molecule has 4 nitrogen and oxygen atoms in total. The van der Waals surface area contributed by atoms with Crippen LogP contribution < -0.4 is 10.5 Å². The second-order valence-electron chi connectivity index (χ2n) is 3.85. The van der Waals surface area contributed by atoms with Gasteiger partial charge in [-0.25, -0.2) is 0 Å². The van der Waals surface area contributed by atoms with E-state index < -0.39 is 6.04 Å². The summed E-state index contributed by atoms with van der Waals surface area (Å²) in [5.41, 5.74) is 5.50. The lowest BCUT2D eigenvalue weighted by atomic mass is 10.3. The van der Waals surface area contributed by atoms with Crippen LogP contribution >= 0.6 is 15.9 Å². The second kappa shape index (κ2) is 6.61. The van der Waals surface area contributed by atoms with E-state index in [0.717, 1.165) is 10.2 Å². The SMILES string of the molecule is C[C@@H](N)C(=O)N(C)CCOc1ccc(Br)cc1. The summed E-state index contributed by atoms with van der Waals surface area (Å²) in [6, 6.07) is 7.10. The summed E-state index contributed by atoms with van der Waals surface area (Å²) in [7, 11) is 1.72. The maximum atomic E-state index is 11.5. The van der Waals surface area contributed by atoms with Crippen LogP contribution in [-0.4, -0.2) is 37.0 Å². The van der Waals surface area contributed by atoms with Gasteiger partial charge in [0, 0.05) is 11.5 Å². The monoisotopic (exact) mass is 300 g/mol. The van der Waals surface area contributed by atoms with E-state index in [2.05, 4.69) is 15.9 Å². The molecule has 0 fully saturated rings. The minimum atomic E-state index is -0.465. The minimum Gasteiger partial charge on any atom is -0.492 e. The zero-order chi connectivity index (χ0) is 12.8. The van der Waals surface area contributed by atoms with Gasteiger partial charge in [0.25, 0.3) is 0 Å². The van der Waals surface area contributed by atoms with Gasteiger partial charge in [-0.05, 0) is 31.2 Å². The third-order valence-corrected chi connectivity index (χ3v) is 2.80. The molecule has 1 aromatic carbocycles. The topological polar surface area (TPSA) is 55.6 Å². The highest BCUT2D eigenvalue weighted by atomic mass is 79.9. The van der Waals surface area contributed by atoms with Crippen LogP contribution in [0, 0.1) is 0 Å². The number of likely N-dealkylation sites (N-methyl/N-ethyl adjacent to an activating group) is 1. The second-order valence-corrected chi connectivity index (χ2v) is 4.77. The Morgan fingerprint density at radius 2 is 2.06 bits per heavy atom. The number of hydrogen-bond donors (Lipinski definition) is 1. The van der Waals surface area contributed by atoms with Crippen molar-refractivity contribution in [2.75, 3.05) is 20.2 Å². The lowest BCUT2D eigenvalue weighted by Gasteiger charge is -2.19. The van der Waals surface area contributed by atoms with Gasteiger partial charge in [0.1, 0.15) is 12.4 Å². The Bertz CT molecular complexity index is 365. The molecule has 1 amide bonds. The zero-order valence-electron chi connectivity index (χ0n) is 10.0. The molecule has 1 atom stereocenters. The number of nitrogens with two attached hydrogens (primary N) is 1. The number of benzene rings is 1. The molecule has 0 aliphatic carbocycles. The molecule has 0 bridgehead atoms. The molecule has 0 saturated heterocycles. The van der Waals surface area contributed by atoms with Crippen molar-refractivity contribution < 1.29 is 9.53 Å². The molecule has 94 valence electrons. The Balaban J connectivity index is 2.33. The molecule has 0 heterocycles. The van der Waals surface area contributed by atoms with E-state index in [1.165, 1.54) is 0 Å². The van der Waals surface area contributed by atoms with Crippen LogP contribution in [-0.2, 0) is 4.79 Å². The summed E-state index contributed by atoms with van der Waals surface area (Å²) in [5, 5.41) is 0. The molecule has 0 saturated carbocycles. The standard InChI is InChI=1S/C12H17BrN2O2/c1-9(14)12(16)15(2)7-8-17-11-5-3-10(13)4-6-11/h3-6,9H,7-8,14H2,1-2H3/t9-/m1/s1. The predicted molar refractivity (Wildman–Crippen MR) is 70.9 cm³/mol. The molecule has 0 aromatic heterocycles. The van der Waals surface area contributed by atoms with Crippen molar-refractivity contribution in [3.8, 4) is 5.75 Å². The van der Waals surface area contributed by atoms with E-state index in [1.807, 2.05) is 24.3 Å². The van der Waals surface area contributed by atoms with Gasteiger partial charge in [-0.3, -0.25) is 4.79 Å². The number of rotatable bonds is 5. The molecular formula is C12H17BrN2O2. The van der Waals surface area contributed by atoms with E-state index in [1.54, 1.807) is 18.9 Å². The zero-order valence-corrected chi connectivity index (χ0v) is 11.6. The van der Waals surface area contributed by atoms with Crippen LogP contribution in [0.2, 0.25) is 0 Å². The molecule has 0 unspecified atom stereocenters. The van der Waals surface area contributed by atoms with Crippen LogP contribution in [0.25, 0.3) is 0 Å². The predicted octanol–water partition coefficient (Wildman–Crippen LogP) is 1.63. The van der Waals surface area contributed by atoms with Crippen LogP contribution in [0.3, 0.4) is 0 Å². The van der Waals surface area contributed by atoms with Gasteiger partial charge in [0.2, 0.25) is 5.91 Å². The lowest BCUT2D eigenvalue weighted by Crippen LogP contribution is -2.41. The minimum absolute atomic E-state index is 0.0793. The largest absolute Gasteiger partial charge is 0.492 e. The van der Waals surface area contributed by atoms with Crippen LogP contribution in [0.5, 0.6) is 5.75 Å². The van der Waals surface area contributed by atoms with E-state index >= 15 is 0 Å². The van der Waals surface area contributed by atoms with Crippen molar-refractivity contribution in [3.63, 3.8) is 0 Å². The fourth-order valence-electron chi connectivity index (χ4n) is 1.29. The first-order valence-electron chi connectivity index (χ1n) is 5.39. The fraction of sp³-hybridized carbons (Fsp3) is 0.417. The number of hydrogen-bond acceptors (Lipinski definition) is 3. The third-order valence-electron chi connectivity index (χ3n) is 2.27. The quantitative estimate of drug-likeness (QED) is 0.899. The fourth-order valence-corrected chi connectivity index (χ4v) is 1.55. The van der Waals surface area contributed by atoms with Crippen molar-refractivity contribution >= 4 is 21.8 Å². The molecule has 2 N–H and O–H groups in total. The van der Waals surface area contributed by atoms with Gasteiger partial charge in [0.05, 0.1) is 12.6 Å². The molecule has 1 aromatic rings. The number of carbonyl (C=O) groups is 1. The van der Waals surface area contributed by atoms with Gasteiger partial charge < -0.3 is 15.4 Å². The van der Waals surface area contributed by atoms with Crippen LogP contribution in [0.1, 0.15) is 6.92 Å². The van der Waals surface area contributed by atoms with Gasteiger partial charge in [0.15, 0.2) is 0 Å².